The number of ether oxygens (including phenoxy) is 2. The topological polar surface area (TPSA) is 89.5 Å². The van der Waals surface area contributed by atoms with Gasteiger partial charge in [-0.25, -0.2) is 9.59 Å². The molecule has 2 amide bonds. The lowest BCUT2D eigenvalue weighted by Crippen LogP contribution is -2.31. The molecule has 0 aliphatic heterocycles. The zero-order valence-electron chi connectivity index (χ0n) is 16.8. The van der Waals surface area contributed by atoms with Crippen molar-refractivity contribution >= 4 is 17.7 Å². The van der Waals surface area contributed by atoms with Gasteiger partial charge < -0.3 is 20.1 Å². The number of nitrogens with one attached hydrogen (secondary N) is 2. The largest absolute Gasteiger partial charge is 0.489 e. The van der Waals surface area contributed by atoms with E-state index in [1.807, 2.05) is 43.3 Å². The van der Waals surface area contributed by atoms with E-state index >= 15 is 0 Å². The fourth-order valence-corrected chi connectivity index (χ4v) is 2.79. The van der Waals surface area contributed by atoms with Crippen LogP contribution in [0.1, 0.15) is 34.5 Å². The van der Waals surface area contributed by atoms with Crippen LogP contribution in [0.5, 0.6) is 5.75 Å². The smallest absolute Gasteiger partial charge is 0.337 e. The van der Waals surface area contributed by atoms with Gasteiger partial charge in [0.2, 0.25) is 0 Å². The number of hydrogen-bond donors (Lipinski definition) is 2. The monoisotopic (exact) mass is 405 g/mol. The van der Waals surface area contributed by atoms with Crippen molar-refractivity contribution < 1.29 is 19.1 Å². The maximum Gasteiger partial charge on any atom is 0.337 e. The number of amides is 2. The van der Waals surface area contributed by atoms with Crippen LogP contribution in [0.3, 0.4) is 0 Å². The van der Waals surface area contributed by atoms with Gasteiger partial charge in [0.05, 0.1) is 18.7 Å². The number of anilines is 1. The minimum atomic E-state index is -0.460. The van der Waals surface area contributed by atoms with Gasteiger partial charge in [0, 0.05) is 23.6 Å². The van der Waals surface area contributed by atoms with Gasteiger partial charge in [-0.3, -0.25) is 4.98 Å². The van der Waals surface area contributed by atoms with Crippen LogP contribution < -0.4 is 15.4 Å². The van der Waals surface area contributed by atoms with Crippen molar-refractivity contribution in [3.8, 4) is 5.75 Å². The molecular formula is C23H23N3O4. The van der Waals surface area contributed by atoms with E-state index in [-0.39, 0.29) is 12.1 Å². The second-order valence-electron chi connectivity index (χ2n) is 6.61. The molecule has 1 atom stereocenters. The molecule has 0 saturated heterocycles. The molecule has 7 heteroatoms. The van der Waals surface area contributed by atoms with Crippen molar-refractivity contribution in [3.05, 3.63) is 89.7 Å². The Balaban J connectivity index is 1.53. The maximum atomic E-state index is 12.3. The Morgan fingerprint density at radius 2 is 1.87 bits per heavy atom. The van der Waals surface area contributed by atoms with Crippen LogP contribution >= 0.6 is 0 Å². The average molecular weight is 405 g/mol. The minimum Gasteiger partial charge on any atom is -0.489 e. The predicted molar refractivity (Wildman–Crippen MR) is 113 cm³/mol. The molecule has 0 fully saturated rings. The quantitative estimate of drug-likeness (QED) is 0.571. The number of carbonyl (C=O) groups excluding carboxylic acids is 2. The first-order chi connectivity index (χ1) is 14.5. The van der Waals surface area contributed by atoms with Crippen LogP contribution in [0, 0.1) is 0 Å². The van der Waals surface area contributed by atoms with Crippen LogP contribution in [0.2, 0.25) is 0 Å². The van der Waals surface area contributed by atoms with E-state index in [2.05, 4.69) is 15.6 Å². The summed E-state index contributed by atoms with van der Waals surface area (Å²) >= 11 is 0. The molecule has 30 heavy (non-hydrogen) atoms. The number of urea groups is 1. The summed E-state index contributed by atoms with van der Waals surface area (Å²) in [5.74, 6) is 0.275. The van der Waals surface area contributed by atoms with Crippen LogP contribution in [0.4, 0.5) is 10.5 Å². The standard InChI is InChI=1S/C23H23N3O4/c1-16(25-23(28)26-20-7-3-6-19(13-20)22(27)29-2)18-8-10-21(11-9-18)30-15-17-5-4-12-24-14-17/h3-14,16H,15H2,1-2H3,(H2,25,26,28)/t16-/m0/s1. The van der Waals surface area contributed by atoms with Crippen LogP contribution in [-0.4, -0.2) is 24.1 Å². The van der Waals surface area contributed by atoms with Gasteiger partial charge >= 0.3 is 12.0 Å². The van der Waals surface area contributed by atoms with Crippen molar-refractivity contribution in [2.45, 2.75) is 19.6 Å². The molecule has 0 aliphatic carbocycles. The number of pyridine rings is 1. The van der Waals surface area contributed by atoms with E-state index in [0.717, 1.165) is 16.9 Å². The molecule has 2 aromatic carbocycles. The highest BCUT2D eigenvalue weighted by Crippen LogP contribution is 2.19. The molecule has 7 nitrogen and oxygen atoms in total. The van der Waals surface area contributed by atoms with Gasteiger partial charge in [-0.1, -0.05) is 24.3 Å². The Labute approximate surface area is 175 Å². The molecule has 3 aromatic rings. The van der Waals surface area contributed by atoms with E-state index in [4.69, 9.17) is 9.47 Å². The molecular weight excluding hydrogens is 382 g/mol. The summed E-state index contributed by atoms with van der Waals surface area (Å²) in [4.78, 5) is 28.0. The molecule has 0 unspecified atom stereocenters. The lowest BCUT2D eigenvalue weighted by molar-refractivity contribution is 0.0600. The Morgan fingerprint density at radius 3 is 2.57 bits per heavy atom. The molecule has 1 aromatic heterocycles. The predicted octanol–water partition coefficient (Wildman–Crippen LogP) is 4.33. The Morgan fingerprint density at radius 1 is 1.07 bits per heavy atom. The lowest BCUT2D eigenvalue weighted by Gasteiger charge is -2.16. The Hall–Kier alpha value is -3.87. The summed E-state index contributed by atoms with van der Waals surface area (Å²) in [6.45, 7) is 2.32. The second kappa shape index (κ2) is 10.1. The van der Waals surface area contributed by atoms with Gasteiger partial charge in [0.1, 0.15) is 12.4 Å². The third kappa shape index (κ3) is 5.81. The van der Waals surface area contributed by atoms with Crippen LogP contribution in [0.15, 0.2) is 73.1 Å². The molecule has 0 saturated carbocycles. The minimum absolute atomic E-state index is 0.221. The molecule has 1 heterocycles. The zero-order valence-corrected chi connectivity index (χ0v) is 16.8. The maximum absolute atomic E-state index is 12.3. The number of rotatable bonds is 7. The highest BCUT2D eigenvalue weighted by atomic mass is 16.5. The Kier molecular flexibility index (Phi) is 7.00. The number of nitrogens with zero attached hydrogens (tertiary/aromatic N) is 1. The summed E-state index contributed by atoms with van der Waals surface area (Å²) < 4.78 is 10.4. The van der Waals surface area contributed by atoms with Crippen molar-refractivity contribution in [2.75, 3.05) is 12.4 Å². The van der Waals surface area contributed by atoms with Crippen LogP contribution in [-0.2, 0) is 11.3 Å². The highest BCUT2D eigenvalue weighted by molar-refractivity contribution is 5.94. The van der Waals surface area contributed by atoms with E-state index < -0.39 is 5.97 Å². The third-order valence-electron chi connectivity index (χ3n) is 4.40. The number of benzene rings is 2. The summed E-state index contributed by atoms with van der Waals surface area (Å²) in [7, 11) is 1.31. The Bertz CT molecular complexity index is 991. The number of methoxy groups -OCH3 is 1. The average Bonchev–Trinajstić information content (AvgIpc) is 2.78. The third-order valence-corrected chi connectivity index (χ3v) is 4.40. The fraction of sp³-hybridized carbons (Fsp3) is 0.174. The lowest BCUT2D eigenvalue weighted by atomic mass is 10.1. The van der Waals surface area contributed by atoms with Gasteiger partial charge in [0.15, 0.2) is 0 Å². The van der Waals surface area contributed by atoms with E-state index in [9.17, 15) is 9.59 Å². The fourth-order valence-electron chi connectivity index (χ4n) is 2.79. The van der Waals surface area contributed by atoms with Crippen molar-refractivity contribution in [3.63, 3.8) is 0 Å². The van der Waals surface area contributed by atoms with Gasteiger partial charge in [-0.05, 0) is 48.9 Å². The highest BCUT2D eigenvalue weighted by Gasteiger charge is 2.11. The number of hydrogen-bond acceptors (Lipinski definition) is 5. The normalized spacial score (nSPS) is 11.3. The second-order valence-corrected chi connectivity index (χ2v) is 6.61. The molecule has 2 N–H and O–H groups in total. The number of aromatic nitrogens is 1. The van der Waals surface area contributed by atoms with E-state index in [0.29, 0.717) is 17.9 Å². The number of esters is 1. The van der Waals surface area contributed by atoms with Gasteiger partial charge in [-0.15, -0.1) is 0 Å². The molecule has 154 valence electrons. The van der Waals surface area contributed by atoms with Crippen molar-refractivity contribution in [1.29, 1.82) is 0 Å². The zero-order chi connectivity index (χ0) is 21.3. The van der Waals surface area contributed by atoms with Crippen molar-refractivity contribution in [1.82, 2.24) is 10.3 Å². The molecule has 0 radical (unpaired) electrons. The van der Waals surface area contributed by atoms with Crippen LogP contribution in [0.25, 0.3) is 0 Å². The van der Waals surface area contributed by atoms with Gasteiger partial charge in [-0.2, -0.15) is 0 Å². The van der Waals surface area contributed by atoms with Crippen molar-refractivity contribution in [2.24, 2.45) is 0 Å². The summed E-state index contributed by atoms with van der Waals surface area (Å²) in [5.41, 5.74) is 2.79. The molecule has 0 spiro atoms. The summed E-state index contributed by atoms with van der Waals surface area (Å²) in [6, 6.07) is 17.3. The summed E-state index contributed by atoms with van der Waals surface area (Å²) in [5, 5.41) is 5.59. The van der Waals surface area contributed by atoms with Gasteiger partial charge in [0.25, 0.3) is 0 Å². The summed E-state index contributed by atoms with van der Waals surface area (Å²) in [6.07, 6.45) is 3.48. The first kappa shape index (κ1) is 20.9. The molecule has 0 bridgehead atoms. The molecule has 3 rings (SSSR count). The van der Waals surface area contributed by atoms with E-state index in [1.54, 1.807) is 36.7 Å². The molecule has 0 aliphatic rings. The number of carbonyl (C=O) groups is 2. The first-order valence-electron chi connectivity index (χ1n) is 9.42. The SMILES string of the molecule is COC(=O)c1cccc(NC(=O)N[C@@H](C)c2ccc(OCc3cccnc3)cc2)c1. The van der Waals surface area contributed by atoms with E-state index in [1.165, 1.54) is 7.11 Å². The first-order valence-corrected chi connectivity index (χ1v) is 9.42.